The highest BCUT2D eigenvalue weighted by Crippen LogP contribution is 2.40. The Bertz CT molecular complexity index is 1530. The summed E-state index contributed by atoms with van der Waals surface area (Å²) in [4.78, 5) is 12.6. The Morgan fingerprint density at radius 1 is 1.09 bits per heavy atom. The lowest BCUT2D eigenvalue weighted by atomic mass is 9.83. The van der Waals surface area contributed by atoms with E-state index in [-0.39, 0.29) is 5.75 Å². The Labute approximate surface area is 211 Å². The number of rotatable bonds is 7. The molecule has 0 bridgehead atoms. The number of para-hydroxylation sites is 2. The summed E-state index contributed by atoms with van der Waals surface area (Å²) in [7, 11) is 0. The smallest absolute Gasteiger partial charge is 0.227 e. The summed E-state index contributed by atoms with van der Waals surface area (Å²) in [6.07, 6.45) is 0. The van der Waals surface area contributed by atoms with Gasteiger partial charge in [-0.25, -0.2) is 0 Å². The zero-order valence-corrected chi connectivity index (χ0v) is 21.1. The summed E-state index contributed by atoms with van der Waals surface area (Å²) in [5.41, 5.74) is 8.25. The van der Waals surface area contributed by atoms with Crippen LogP contribution in [0.1, 0.15) is 30.7 Å². The molecule has 0 fully saturated rings. The van der Waals surface area contributed by atoms with Gasteiger partial charge >= 0.3 is 0 Å². The molecule has 178 valence electrons. The molecule has 0 radical (unpaired) electrons. The highest BCUT2D eigenvalue weighted by molar-refractivity contribution is 9.10. The van der Waals surface area contributed by atoms with E-state index in [4.69, 9.17) is 10.2 Å². The SMILES string of the molecule is CC(C)(C(N)=O)c1c(NCc2cc3ccccc3o2)n(Cc2cc(Br)ccc2O)c2ccccc12. The number of nitrogens with zero attached hydrogens (tertiary/aromatic N) is 1. The predicted octanol–water partition coefficient (Wildman–Crippen LogP) is 6.28. The average molecular weight is 532 g/mol. The van der Waals surface area contributed by atoms with Crippen molar-refractivity contribution in [2.24, 2.45) is 5.73 Å². The van der Waals surface area contributed by atoms with Gasteiger partial charge in [-0.15, -0.1) is 0 Å². The minimum absolute atomic E-state index is 0.199. The summed E-state index contributed by atoms with van der Waals surface area (Å²) in [6, 6.07) is 23.2. The number of primary amides is 1. The number of phenols is 1. The van der Waals surface area contributed by atoms with Crippen molar-refractivity contribution in [2.75, 3.05) is 5.32 Å². The summed E-state index contributed by atoms with van der Waals surface area (Å²) >= 11 is 3.50. The van der Waals surface area contributed by atoms with E-state index in [2.05, 4.69) is 25.8 Å². The molecule has 0 aliphatic carbocycles. The number of halogens is 1. The number of benzene rings is 3. The van der Waals surface area contributed by atoms with Gasteiger partial charge in [-0.05, 0) is 50.2 Å². The van der Waals surface area contributed by atoms with Crippen LogP contribution in [-0.4, -0.2) is 15.6 Å². The fourth-order valence-corrected chi connectivity index (χ4v) is 4.96. The summed E-state index contributed by atoms with van der Waals surface area (Å²) in [5, 5.41) is 16.0. The summed E-state index contributed by atoms with van der Waals surface area (Å²) in [5.74, 6) is 1.31. The first kappa shape index (κ1) is 23.1. The molecule has 4 N–H and O–H groups in total. The Balaban J connectivity index is 1.67. The second-order valence-corrected chi connectivity index (χ2v) is 10.1. The Hall–Kier alpha value is -3.71. The molecule has 5 aromatic rings. The van der Waals surface area contributed by atoms with Crippen molar-refractivity contribution in [3.05, 3.63) is 94.2 Å². The molecule has 3 aromatic carbocycles. The predicted molar refractivity (Wildman–Crippen MR) is 143 cm³/mol. The fourth-order valence-electron chi connectivity index (χ4n) is 4.55. The number of hydrogen-bond donors (Lipinski definition) is 3. The minimum atomic E-state index is -0.944. The number of amides is 1. The molecule has 7 heteroatoms. The standard InChI is InChI=1S/C28H26BrN3O3/c1-28(2,27(30)34)25-21-8-4-5-9-22(21)32(16-18-13-19(29)11-12-23(18)33)26(25)31-15-20-14-17-7-3-6-10-24(17)35-20/h3-14,31,33H,15-16H2,1-2H3,(H2,30,34). The number of phenolic OH excluding ortho intramolecular Hbond substituents is 1. The number of carbonyl (C=O) groups is 1. The van der Waals surface area contributed by atoms with Crippen molar-refractivity contribution in [1.29, 1.82) is 0 Å². The zero-order chi connectivity index (χ0) is 24.7. The summed E-state index contributed by atoms with van der Waals surface area (Å²) in [6.45, 7) is 4.48. The van der Waals surface area contributed by atoms with Gasteiger partial charge in [0.25, 0.3) is 0 Å². The van der Waals surface area contributed by atoms with Crippen molar-refractivity contribution < 1.29 is 14.3 Å². The van der Waals surface area contributed by atoms with Crippen LogP contribution in [-0.2, 0) is 23.3 Å². The number of carbonyl (C=O) groups excluding carboxylic acids is 1. The number of furan rings is 1. The van der Waals surface area contributed by atoms with Crippen LogP contribution in [0.3, 0.4) is 0 Å². The van der Waals surface area contributed by atoms with Crippen LogP contribution in [0.25, 0.3) is 21.9 Å². The third-order valence-corrected chi connectivity index (χ3v) is 6.98. The summed E-state index contributed by atoms with van der Waals surface area (Å²) < 4.78 is 8.97. The highest BCUT2D eigenvalue weighted by atomic mass is 79.9. The third-order valence-electron chi connectivity index (χ3n) is 6.49. The molecule has 6 nitrogen and oxygen atoms in total. The van der Waals surface area contributed by atoms with E-state index in [0.29, 0.717) is 13.1 Å². The maximum atomic E-state index is 12.6. The van der Waals surface area contributed by atoms with Gasteiger partial charge in [0.1, 0.15) is 22.9 Å². The Morgan fingerprint density at radius 2 is 1.83 bits per heavy atom. The molecular formula is C28H26BrN3O3. The molecule has 1 amide bonds. The van der Waals surface area contributed by atoms with E-state index in [1.54, 1.807) is 12.1 Å². The number of fused-ring (bicyclic) bond motifs is 2. The lowest BCUT2D eigenvalue weighted by molar-refractivity contribution is -0.122. The van der Waals surface area contributed by atoms with Crippen molar-refractivity contribution in [1.82, 2.24) is 4.57 Å². The van der Waals surface area contributed by atoms with Crippen LogP contribution < -0.4 is 11.1 Å². The molecule has 0 spiro atoms. The largest absolute Gasteiger partial charge is 0.508 e. The molecular weight excluding hydrogens is 506 g/mol. The van der Waals surface area contributed by atoms with Crippen LogP contribution in [0, 0.1) is 0 Å². The molecule has 0 saturated heterocycles. The van der Waals surface area contributed by atoms with Gasteiger partial charge in [-0.1, -0.05) is 52.3 Å². The van der Waals surface area contributed by atoms with Crippen LogP contribution >= 0.6 is 15.9 Å². The second-order valence-electron chi connectivity index (χ2n) is 9.19. The van der Waals surface area contributed by atoms with E-state index in [0.717, 1.165) is 49.0 Å². The number of aromatic nitrogens is 1. The van der Waals surface area contributed by atoms with E-state index in [9.17, 15) is 9.90 Å². The van der Waals surface area contributed by atoms with E-state index >= 15 is 0 Å². The molecule has 2 aromatic heterocycles. The molecule has 0 aliphatic rings. The lowest BCUT2D eigenvalue weighted by Crippen LogP contribution is -2.36. The molecule has 2 heterocycles. The molecule has 0 aliphatic heterocycles. The van der Waals surface area contributed by atoms with Crippen molar-refractivity contribution >= 4 is 49.5 Å². The normalized spacial score (nSPS) is 11.9. The van der Waals surface area contributed by atoms with Gasteiger partial charge in [0.2, 0.25) is 5.91 Å². The van der Waals surface area contributed by atoms with Crippen LogP contribution in [0.4, 0.5) is 5.82 Å². The fraction of sp³-hybridized carbons (Fsp3) is 0.179. The molecule has 0 saturated carbocycles. The van der Waals surface area contributed by atoms with Crippen LogP contribution in [0.2, 0.25) is 0 Å². The molecule has 0 unspecified atom stereocenters. The van der Waals surface area contributed by atoms with Gasteiger partial charge < -0.3 is 25.1 Å². The van der Waals surface area contributed by atoms with Crippen LogP contribution in [0.5, 0.6) is 5.75 Å². The average Bonchev–Trinajstić information content (AvgIpc) is 3.39. The Morgan fingerprint density at radius 3 is 2.60 bits per heavy atom. The highest BCUT2D eigenvalue weighted by Gasteiger charge is 2.35. The zero-order valence-electron chi connectivity index (χ0n) is 19.5. The van der Waals surface area contributed by atoms with Gasteiger partial charge in [-0.2, -0.15) is 0 Å². The number of nitrogens with two attached hydrogens (primary N) is 1. The first-order valence-corrected chi connectivity index (χ1v) is 12.2. The van der Waals surface area contributed by atoms with Crippen molar-refractivity contribution in [3.63, 3.8) is 0 Å². The number of nitrogens with one attached hydrogen (secondary N) is 1. The van der Waals surface area contributed by atoms with Gasteiger partial charge in [0, 0.05) is 26.4 Å². The minimum Gasteiger partial charge on any atom is -0.508 e. The molecule has 0 atom stereocenters. The quantitative estimate of drug-likeness (QED) is 0.230. The lowest BCUT2D eigenvalue weighted by Gasteiger charge is -2.23. The number of aromatic hydroxyl groups is 1. The maximum absolute atomic E-state index is 12.6. The first-order chi connectivity index (χ1) is 16.8. The second kappa shape index (κ2) is 8.82. The first-order valence-electron chi connectivity index (χ1n) is 11.4. The van der Waals surface area contributed by atoms with Crippen LogP contribution in [0.15, 0.2) is 81.7 Å². The maximum Gasteiger partial charge on any atom is 0.227 e. The van der Waals surface area contributed by atoms with E-state index in [1.807, 2.05) is 74.5 Å². The van der Waals surface area contributed by atoms with E-state index in [1.165, 1.54) is 0 Å². The van der Waals surface area contributed by atoms with E-state index < -0.39 is 11.3 Å². The number of anilines is 1. The Kier molecular flexibility index (Phi) is 5.81. The van der Waals surface area contributed by atoms with Gasteiger partial charge in [0.15, 0.2) is 0 Å². The van der Waals surface area contributed by atoms with Gasteiger partial charge in [0.05, 0.1) is 24.0 Å². The number of hydrogen-bond acceptors (Lipinski definition) is 4. The molecule has 35 heavy (non-hydrogen) atoms. The topological polar surface area (TPSA) is 93.4 Å². The van der Waals surface area contributed by atoms with Crippen molar-refractivity contribution in [3.8, 4) is 5.75 Å². The molecule has 5 rings (SSSR count). The third kappa shape index (κ3) is 4.17. The van der Waals surface area contributed by atoms with Gasteiger partial charge in [-0.3, -0.25) is 4.79 Å². The van der Waals surface area contributed by atoms with Crippen molar-refractivity contribution in [2.45, 2.75) is 32.4 Å². The monoisotopic (exact) mass is 531 g/mol.